The normalized spacial score (nSPS) is 21.4. The number of halogens is 3. The summed E-state index contributed by atoms with van der Waals surface area (Å²) in [4.78, 5) is 14.2. The third-order valence-electron chi connectivity index (χ3n) is 5.02. The molecule has 1 aliphatic rings. The number of carbonyl (C=O) groups excluding carboxylic acids is 1. The SMILES string of the molecule is CNC1CCCC(c2c(F)c(F)c(C(N)=O)c3[nH]c(C)c(F)c23)C1. The molecule has 0 bridgehead atoms. The van der Waals surface area contributed by atoms with Gasteiger partial charge >= 0.3 is 0 Å². The molecule has 4 N–H and O–H groups in total. The number of amides is 1. The second kappa shape index (κ2) is 6.12. The van der Waals surface area contributed by atoms with Crippen LogP contribution in [-0.4, -0.2) is 24.0 Å². The van der Waals surface area contributed by atoms with Gasteiger partial charge in [-0.15, -0.1) is 0 Å². The predicted octanol–water partition coefficient (Wildman–Crippen LogP) is 3.24. The molecule has 2 atom stereocenters. The molecule has 1 heterocycles. The van der Waals surface area contributed by atoms with E-state index in [1.807, 2.05) is 7.05 Å². The first-order valence-electron chi connectivity index (χ1n) is 8.02. The first-order chi connectivity index (χ1) is 11.4. The number of hydrogen-bond acceptors (Lipinski definition) is 2. The lowest BCUT2D eigenvalue weighted by Gasteiger charge is -2.30. The minimum absolute atomic E-state index is 0.00861. The van der Waals surface area contributed by atoms with E-state index < -0.39 is 28.9 Å². The number of primary amides is 1. The monoisotopic (exact) mass is 339 g/mol. The van der Waals surface area contributed by atoms with Crippen molar-refractivity contribution in [2.75, 3.05) is 7.05 Å². The molecular weight excluding hydrogens is 319 g/mol. The van der Waals surface area contributed by atoms with Crippen LogP contribution in [0.2, 0.25) is 0 Å². The highest BCUT2D eigenvalue weighted by Crippen LogP contribution is 2.41. The number of carbonyl (C=O) groups is 1. The van der Waals surface area contributed by atoms with Gasteiger partial charge in [-0.25, -0.2) is 13.2 Å². The Bertz CT molecular complexity index is 815. The van der Waals surface area contributed by atoms with Crippen LogP contribution in [-0.2, 0) is 0 Å². The molecule has 0 saturated heterocycles. The van der Waals surface area contributed by atoms with Crippen molar-refractivity contribution in [1.82, 2.24) is 10.3 Å². The number of benzene rings is 1. The smallest absolute Gasteiger partial charge is 0.253 e. The third-order valence-corrected chi connectivity index (χ3v) is 5.02. The Labute approximate surface area is 137 Å². The van der Waals surface area contributed by atoms with E-state index in [4.69, 9.17) is 5.73 Å². The summed E-state index contributed by atoms with van der Waals surface area (Å²) in [5, 5.41) is 3.09. The van der Waals surface area contributed by atoms with Gasteiger partial charge in [0.1, 0.15) is 5.56 Å². The molecule has 1 saturated carbocycles. The van der Waals surface area contributed by atoms with E-state index in [-0.39, 0.29) is 34.1 Å². The molecule has 2 unspecified atom stereocenters. The number of aromatic nitrogens is 1. The zero-order valence-corrected chi connectivity index (χ0v) is 13.6. The van der Waals surface area contributed by atoms with Crippen LogP contribution in [0.1, 0.15) is 53.2 Å². The first-order valence-corrected chi connectivity index (χ1v) is 8.02. The van der Waals surface area contributed by atoms with E-state index in [2.05, 4.69) is 10.3 Å². The molecule has 1 aliphatic carbocycles. The molecule has 24 heavy (non-hydrogen) atoms. The van der Waals surface area contributed by atoms with E-state index in [0.717, 1.165) is 12.8 Å². The van der Waals surface area contributed by atoms with Crippen molar-refractivity contribution in [3.05, 3.63) is 34.3 Å². The van der Waals surface area contributed by atoms with Crippen LogP contribution in [0.15, 0.2) is 0 Å². The van der Waals surface area contributed by atoms with Crippen LogP contribution in [0.5, 0.6) is 0 Å². The number of H-pyrrole nitrogens is 1. The minimum atomic E-state index is -1.31. The van der Waals surface area contributed by atoms with Gasteiger partial charge in [0.2, 0.25) is 0 Å². The zero-order chi connectivity index (χ0) is 17.6. The summed E-state index contributed by atoms with van der Waals surface area (Å²) in [6.45, 7) is 1.46. The largest absolute Gasteiger partial charge is 0.365 e. The Kier molecular flexibility index (Phi) is 4.29. The highest BCUT2D eigenvalue weighted by molar-refractivity contribution is 6.06. The Morgan fingerprint density at radius 1 is 1.21 bits per heavy atom. The Morgan fingerprint density at radius 2 is 1.92 bits per heavy atom. The summed E-state index contributed by atoms with van der Waals surface area (Å²) in [5.74, 6) is -4.58. The van der Waals surface area contributed by atoms with Crippen LogP contribution in [0.4, 0.5) is 13.2 Å². The van der Waals surface area contributed by atoms with E-state index in [9.17, 15) is 18.0 Å². The summed E-state index contributed by atoms with van der Waals surface area (Å²) in [6.07, 6.45) is 3.00. The van der Waals surface area contributed by atoms with Crippen molar-refractivity contribution in [3.8, 4) is 0 Å². The van der Waals surface area contributed by atoms with Crippen LogP contribution in [0.25, 0.3) is 10.9 Å². The molecule has 1 fully saturated rings. The molecule has 0 radical (unpaired) electrons. The number of fused-ring (bicyclic) bond motifs is 1. The molecule has 1 aromatic carbocycles. The van der Waals surface area contributed by atoms with Crippen molar-refractivity contribution >= 4 is 16.8 Å². The molecule has 2 aromatic rings. The highest BCUT2D eigenvalue weighted by atomic mass is 19.2. The zero-order valence-electron chi connectivity index (χ0n) is 13.6. The number of rotatable bonds is 3. The average molecular weight is 339 g/mol. The van der Waals surface area contributed by atoms with Crippen molar-refractivity contribution in [2.24, 2.45) is 5.73 Å². The molecule has 0 aliphatic heterocycles. The Hall–Kier alpha value is -2.02. The van der Waals surface area contributed by atoms with Crippen molar-refractivity contribution < 1.29 is 18.0 Å². The fourth-order valence-electron chi connectivity index (χ4n) is 3.82. The lowest BCUT2D eigenvalue weighted by atomic mass is 9.79. The second-order valence-corrected chi connectivity index (χ2v) is 6.44. The van der Waals surface area contributed by atoms with Gasteiger partial charge < -0.3 is 16.0 Å². The maximum atomic E-state index is 14.8. The quantitative estimate of drug-likeness (QED) is 0.803. The van der Waals surface area contributed by atoms with Gasteiger partial charge in [0, 0.05) is 22.7 Å². The number of aryl methyl sites for hydroxylation is 1. The van der Waals surface area contributed by atoms with Crippen molar-refractivity contribution in [1.29, 1.82) is 0 Å². The molecule has 3 rings (SSSR count). The molecular formula is C17H20F3N3O. The van der Waals surface area contributed by atoms with Crippen LogP contribution in [0, 0.1) is 24.4 Å². The van der Waals surface area contributed by atoms with Crippen molar-refractivity contribution in [3.63, 3.8) is 0 Å². The lowest BCUT2D eigenvalue weighted by Crippen LogP contribution is -2.31. The maximum absolute atomic E-state index is 14.8. The van der Waals surface area contributed by atoms with Crippen LogP contribution >= 0.6 is 0 Å². The highest BCUT2D eigenvalue weighted by Gasteiger charge is 2.33. The van der Waals surface area contributed by atoms with Gasteiger partial charge in [-0.1, -0.05) is 6.42 Å². The number of hydrogen-bond donors (Lipinski definition) is 3. The van der Waals surface area contributed by atoms with E-state index in [0.29, 0.717) is 12.8 Å². The summed E-state index contributed by atoms with van der Waals surface area (Å²) >= 11 is 0. The summed E-state index contributed by atoms with van der Waals surface area (Å²) in [5.41, 5.74) is 4.63. The molecule has 1 aromatic heterocycles. The number of aromatic amines is 1. The van der Waals surface area contributed by atoms with Gasteiger partial charge in [-0.05, 0) is 39.2 Å². The van der Waals surface area contributed by atoms with E-state index >= 15 is 0 Å². The summed E-state index contributed by atoms with van der Waals surface area (Å²) in [6, 6.07) is 0.167. The standard InChI is InChI=1S/C17H20F3N3O/c1-7-13(18)11-10(8-4-3-5-9(6-8)22-2)14(19)15(20)12(17(21)24)16(11)23-7/h8-9,22-23H,3-6H2,1-2H3,(H2,21,24). The molecule has 7 heteroatoms. The van der Waals surface area contributed by atoms with Gasteiger partial charge in [-0.2, -0.15) is 0 Å². The summed E-state index contributed by atoms with van der Waals surface area (Å²) < 4.78 is 43.9. The topological polar surface area (TPSA) is 70.9 Å². The molecule has 4 nitrogen and oxygen atoms in total. The number of nitrogens with two attached hydrogens (primary N) is 1. The third kappa shape index (κ3) is 2.47. The van der Waals surface area contributed by atoms with Gasteiger partial charge in [0.05, 0.1) is 5.52 Å². The van der Waals surface area contributed by atoms with Gasteiger partial charge in [0.25, 0.3) is 5.91 Å². The minimum Gasteiger partial charge on any atom is -0.365 e. The number of nitrogens with one attached hydrogen (secondary N) is 2. The maximum Gasteiger partial charge on any atom is 0.253 e. The second-order valence-electron chi connectivity index (χ2n) is 6.44. The Morgan fingerprint density at radius 3 is 2.54 bits per heavy atom. The first kappa shape index (κ1) is 16.8. The fraction of sp³-hybridized carbons (Fsp3) is 0.471. The Balaban J connectivity index is 2.30. The van der Waals surface area contributed by atoms with E-state index in [1.165, 1.54) is 6.92 Å². The fourth-order valence-corrected chi connectivity index (χ4v) is 3.82. The predicted molar refractivity (Wildman–Crippen MR) is 85.5 cm³/mol. The van der Waals surface area contributed by atoms with E-state index in [1.54, 1.807) is 0 Å². The summed E-state index contributed by atoms with van der Waals surface area (Å²) in [7, 11) is 1.82. The molecule has 130 valence electrons. The average Bonchev–Trinajstić information content (AvgIpc) is 2.83. The van der Waals surface area contributed by atoms with Gasteiger partial charge in [0.15, 0.2) is 17.5 Å². The van der Waals surface area contributed by atoms with Gasteiger partial charge in [-0.3, -0.25) is 4.79 Å². The lowest BCUT2D eigenvalue weighted by molar-refractivity contribution is 0.0997. The molecule has 0 spiro atoms. The van der Waals surface area contributed by atoms with Crippen LogP contribution < -0.4 is 11.1 Å². The van der Waals surface area contributed by atoms with Crippen molar-refractivity contribution in [2.45, 2.75) is 44.6 Å². The van der Waals surface area contributed by atoms with Crippen LogP contribution in [0.3, 0.4) is 0 Å². The molecule has 1 amide bonds.